The second-order valence-corrected chi connectivity index (χ2v) is 10.7. The lowest BCUT2D eigenvalue weighted by Crippen LogP contribution is -2.50. The molecule has 3 aliphatic heterocycles. The molecule has 4 heterocycles. The molecule has 8 heteroatoms. The van der Waals surface area contributed by atoms with Crippen molar-refractivity contribution in [3.8, 4) is 11.3 Å². The Bertz CT molecular complexity index is 1310. The molecule has 0 radical (unpaired) electrons. The molecular weight excluding hydrogens is 474 g/mol. The van der Waals surface area contributed by atoms with Gasteiger partial charge in [-0.3, -0.25) is 14.7 Å². The molecule has 1 amide bonds. The van der Waals surface area contributed by atoms with Crippen molar-refractivity contribution >= 4 is 23.8 Å². The topological polar surface area (TPSA) is 77.0 Å². The van der Waals surface area contributed by atoms with E-state index in [1.807, 2.05) is 59.8 Å². The van der Waals surface area contributed by atoms with Crippen molar-refractivity contribution in [1.82, 2.24) is 24.7 Å². The third kappa shape index (κ3) is 5.47. The zero-order chi connectivity index (χ0) is 25.9. The molecule has 6 rings (SSSR count). The fraction of sp³-hybridized carbons (Fsp3) is 0.400. The zero-order valence-corrected chi connectivity index (χ0v) is 22.0. The Balaban J connectivity index is 1.06. The normalized spacial score (nSPS) is 19.9. The summed E-state index contributed by atoms with van der Waals surface area (Å²) in [6.45, 7) is 7.61. The zero-order valence-electron chi connectivity index (χ0n) is 22.0. The van der Waals surface area contributed by atoms with Gasteiger partial charge in [-0.25, -0.2) is 9.97 Å². The summed E-state index contributed by atoms with van der Waals surface area (Å²) in [7, 11) is 2.22. The number of hydrogen-bond acceptors (Lipinski definition) is 7. The summed E-state index contributed by atoms with van der Waals surface area (Å²) in [4.78, 5) is 33.9. The average Bonchev–Trinajstić information content (AvgIpc) is 3.13. The van der Waals surface area contributed by atoms with Gasteiger partial charge in [-0.05, 0) is 56.6 Å². The minimum atomic E-state index is 0.103. The summed E-state index contributed by atoms with van der Waals surface area (Å²) in [5.41, 5.74) is 5.58. The molecule has 3 aliphatic rings. The van der Waals surface area contributed by atoms with Gasteiger partial charge in [0.15, 0.2) is 0 Å². The molecule has 8 nitrogen and oxygen atoms in total. The van der Waals surface area contributed by atoms with Crippen LogP contribution in [0.15, 0.2) is 59.7 Å². The van der Waals surface area contributed by atoms with E-state index in [1.54, 1.807) is 0 Å². The summed E-state index contributed by atoms with van der Waals surface area (Å²) in [6, 6.07) is 15.8. The van der Waals surface area contributed by atoms with Crippen molar-refractivity contribution in [2.45, 2.75) is 19.4 Å². The number of carbonyl (C=O) groups is 1. The first-order valence-corrected chi connectivity index (χ1v) is 13.6. The van der Waals surface area contributed by atoms with Crippen LogP contribution in [0.5, 0.6) is 0 Å². The van der Waals surface area contributed by atoms with E-state index in [9.17, 15) is 4.79 Å². The van der Waals surface area contributed by atoms with Gasteiger partial charge >= 0.3 is 0 Å². The maximum absolute atomic E-state index is 13.2. The first-order chi connectivity index (χ1) is 18.6. The minimum Gasteiger partial charge on any atom is -0.336 e. The van der Waals surface area contributed by atoms with Crippen LogP contribution < -0.4 is 5.32 Å². The van der Waals surface area contributed by atoms with E-state index in [-0.39, 0.29) is 5.91 Å². The van der Waals surface area contributed by atoms with Crippen LogP contribution in [-0.4, -0.2) is 89.7 Å². The van der Waals surface area contributed by atoms with Crippen LogP contribution in [0.4, 0.5) is 11.6 Å². The standard InChI is InChI=1S/C30H35N7O/c1-35-12-4-5-22(20-35)21-36-13-15-37(16-14-36)29(38)23-8-10-26(11-9-23)33-30-32-19-25-18-31-17-24-6-2-3-7-27(24)28(25)34-30/h2-3,6-11,17,19,22H,4-5,12-16,18,20-21H2,1H3,(H,32,33,34). The third-order valence-electron chi connectivity index (χ3n) is 7.86. The minimum absolute atomic E-state index is 0.103. The SMILES string of the molecule is CN1CCCC(CN2CCN(C(=O)c3ccc(Nc4ncc5c(n4)-c4ccccc4C=NC5)cc3)CC2)C1. The number of piperidine rings is 1. The number of likely N-dealkylation sites (tertiary alicyclic amines) is 1. The summed E-state index contributed by atoms with van der Waals surface area (Å²) >= 11 is 0. The Morgan fingerprint density at radius 2 is 1.84 bits per heavy atom. The van der Waals surface area contributed by atoms with E-state index in [0.717, 1.165) is 66.7 Å². The molecule has 0 spiro atoms. The van der Waals surface area contributed by atoms with Gasteiger partial charge in [-0.1, -0.05) is 24.3 Å². The Morgan fingerprint density at radius 1 is 1.03 bits per heavy atom. The lowest BCUT2D eigenvalue weighted by molar-refractivity contribution is 0.0588. The van der Waals surface area contributed by atoms with Gasteiger partial charge in [-0.2, -0.15) is 0 Å². The molecule has 0 saturated carbocycles. The van der Waals surface area contributed by atoms with Gasteiger partial charge in [0, 0.05) is 79.6 Å². The number of amides is 1. The van der Waals surface area contributed by atoms with E-state index >= 15 is 0 Å². The van der Waals surface area contributed by atoms with Crippen molar-refractivity contribution in [3.63, 3.8) is 0 Å². The molecule has 2 saturated heterocycles. The Kier molecular flexibility index (Phi) is 7.16. The van der Waals surface area contributed by atoms with E-state index in [1.165, 1.54) is 25.9 Å². The van der Waals surface area contributed by atoms with Crippen molar-refractivity contribution in [1.29, 1.82) is 0 Å². The van der Waals surface area contributed by atoms with Gasteiger partial charge in [0.05, 0.1) is 12.2 Å². The first-order valence-electron chi connectivity index (χ1n) is 13.6. The van der Waals surface area contributed by atoms with Crippen LogP contribution in [0, 0.1) is 5.92 Å². The third-order valence-corrected chi connectivity index (χ3v) is 7.86. The monoisotopic (exact) mass is 509 g/mol. The van der Waals surface area contributed by atoms with E-state index in [2.05, 4.69) is 38.2 Å². The average molecular weight is 510 g/mol. The lowest BCUT2D eigenvalue weighted by Gasteiger charge is -2.38. The predicted octanol–water partition coefficient (Wildman–Crippen LogP) is 3.92. The van der Waals surface area contributed by atoms with Crippen LogP contribution in [0.2, 0.25) is 0 Å². The molecule has 1 aromatic heterocycles. The molecule has 1 unspecified atom stereocenters. The van der Waals surface area contributed by atoms with Crippen molar-refractivity contribution < 1.29 is 4.79 Å². The molecule has 38 heavy (non-hydrogen) atoms. The molecule has 2 fully saturated rings. The fourth-order valence-corrected chi connectivity index (χ4v) is 5.81. The number of aromatic nitrogens is 2. The highest BCUT2D eigenvalue weighted by Crippen LogP contribution is 2.28. The summed E-state index contributed by atoms with van der Waals surface area (Å²) in [5, 5.41) is 3.30. The molecule has 3 aromatic rings. The highest BCUT2D eigenvalue weighted by atomic mass is 16.2. The quantitative estimate of drug-likeness (QED) is 0.562. The number of aliphatic imine (C=N–C) groups is 1. The number of nitrogens with zero attached hydrogens (tertiary/aromatic N) is 6. The van der Waals surface area contributed by atoms with Crippen LogP contribution >= 0.6 is 0 Å². The summed E-state index contributed by atoms with van der Waals surface area (Å²) in [5.74, 6) is 1.38. The van der Waals surface area contributed by atoms with Gasteiger partial charge in [-0.15, -0.1) is 0 Å². The highest BCUT2D eigenvalue weighted by molar-refractivity contribution is 5.95. The number of anilines is 2. The Labute approximate surface area is 224 Å². The number of carbonyl (C=O) groups excluding carboxylic acids is 1. The Morgan fingerprint density at radius 3 is 2.66 bits per heavy atom. The van der Waals surface area contributed by atoms with E-state index in [4.69, 9.17) is 4.98 Å². The van der Waals surface area contributed by atoms with Crippen LogP contribution in [0.25, 0.3) is 11.3 Å². The molecular formula is C30H35N7O. The first kappa shape index (κ1) is 24.7. The number of rotatable bonds is 5. The maximum Gasteiger partial charge on any atom is 0.253 e. The summed E-state index contributed by atoms with van der Waals surface area (Å²) < 4.78 is 0. The maximum atomic E-state index is 13.2. The largest absolute Gasteiger partial charge is 0.336 e. The number of nitrogens with one attached hydrogen (secondary N) is 1. The Hall–Kier alpha value is -3.62. The van der Waals surface area contributed by atoms with E-state index < -0.39 is 0 Å². The van der Waals surface area contributed by atoms with E-state index in [0.29, 0.717) is 18.1 Å². The van der Waals surface area contributed by atoms with Crippen LogP contribution in [-0.2, 0) is 6.54 Å². The molecule has 1 N–H and O–H groups in total. The predicted molar refractivity (Wildman–Crippen MR) is 151 cm³/mol. The molecule has 0 bridgehead atoms. The number of benzene rings is 2. The lowest BCUT2D eigenvalue weighted by atomic mass is 9.97. The number of hydrogen-bond donors (Lipinski definition) is 1. The second kappa shape index (κ2) is 11.0. The van der Waals surface area contributed by atoms with Crippen molar-refractivity contribution in [3.05, 3.63) is 71.4 Å². The number of fused-ring (bicyclic) bond motifs is 3. The fourth-order valence-electron chi connectivity index (χ4n) is 5.81. The van der Waals surface area contributed by atoms with Gasteiger partial charge in [0.2, 0.25) is 5.95 Å². The van der Waals surface area contributed by atoms with Crippen LogP contribution in [0.1, 0.15) is 34.3 Å². The van der Waals surface area contributed by atoms with Crippen LogP contribution in [0.3, 0.4) is 0 Å². The van der Waals surface area contributed by atoms with Gasteiger partial charge < -0.3 is 15.1 Å². The van der Waals surface area contributed by atoms with Crippen molar-refractivity contribution in [2.24, 2.45) is 10.9 Å². The van der Waals surface area contributed by atoms with Gasteiger partial charge in [0.1, 0.15) is 0 Å². The molecule has 2 aromatic carbocycles. The molecule has 0 aliphatic carbocycles. The molecule has 196 valence electrons. The summed E-state index contributed by atoms with van der Waals surface area (Å²) in [6.07, 6.45) is 6.36. The highest BCUT2D eigenvalue weighted by Gasteiger charge is 2.25. The van der Waals surface area contributed by atoms with Gasteiger partial charge in [0.25, 0.3) is 5.91 Å². The van der Waals surface area contributed by atoms with Crippen molar-refractivity contribution in [2.75, 3.05) is 58.2 Å². The second-order valence-electron chi connectivity index (χ2n) is 10.7. The smallest absolute Gasteiger partial charge is 0.253 e. The number of piperazine rings is 1. The molecule has 1 atom stereocenters.